The van der Waals surface area contributed by atoms with Gasteiger partial charge >= 0.3 is 6.09 Å². The zero-order chi connectivity index (χ0) is 21.2. The van der Waals surface area contributed by atoms with Crippen LogP contribution in [0.2, 0.25) is 0 Å². The molecular weight excluding hydrogens is 388 g/mol. The lowest BCUT2D eigenvalue weighted by Crippen LogP contribution is -2.41. The lowest BCUT2D eigenvalue weighted by Gasteiger charge is -2.36. The molecule has 31 heavy (non-hydrogen) atoms. The Balaban J connectivity index is 1.29. The average Bonchev–Trinajstić information content (AvgIpc) is 2.96. The molecule has 1 saturated carbocycles. The third-order valence-corrected chi connectivity index (χ3v) is 6.87. The molecule has 2 aromatic carbocycles. The van der Waals surface area contributed by atoms with Gasteiger partial charge in [-0.25, -0.2) is 9.78 Å². The molecule has 0 bridgehead atoms. The van der Waals surface area contributed by atoms with E-state index < -0.39 is 6.09 Å². The van der Waals surface area contributed by atoms with Crippen LogP contribution in [0.15, 0.2) is 48.5 Å². The van der Waals surface area contributed by atoms with Crippen molar-refractivity contribution in [2.24, 2.45) is 0 Å². The molecule has 0 atom stereocenters. The maximum atomic E-state index is 11.8. The van der Waals surface area contributed by atoms with Gasteiger partial charge in [-0.15, -0.1) is 0 Å². The van der Waals surface area contributed by atoms with E-state index in [1.54, 1.807) is 0 Å². The highest BCUT2D eigenvalue weighted by atomic mass is 16.4. The highest BCUT2D eigenvalue weighted by molar-refractivity contribution is 5.77. The topological polar surface area (TPSA) is 61.6 Å². The highest BCUT2D eigenvalue weighted by Gasteiger charge is 2.27. The van der Waals surface area contributed by atoms with Crippen LogP contribution in [-0.2, 0) is 25.9 Å². The Morgan fingerprint density at radius 3 is 2.65 bits per heavy atom. The SMILES string of the molecule is O=C(O)N(CCc1ccccc1)Cc1ccc2c(c1)nc1n2CCN(C2CCC2)CC1. The van der Waals surface area contributed by atoms with Crippen LogP contribution < -0.4 is 0 Å². The molecule has 1 aromatic heterocycles. The van der Waals surface area contributed by atoms with Crippen LogP contribution in [0.4, 0.5) is 4.79 Å². The maximum Gasteiger partial charge on any atom is 0.407 e. The van der Waals surface area contributed by atoms with Crippen molar-refractivity contribution < 1.29 is 9.90 Å². The van der Waals surface area contributed by atoms with E-state index in [-0.39, 0.29) is 0 Å². The van der Waals surface area contributed by atoms with Gasteiger partial charge in [-0.2, -0.15) is 0 Å². The molecule has 162 valence electrons. The van der Waals surface area contributed by atoms with Crippen molar-refractivity contribution in [2.75, 3.05) is 19.6 Å². The highest BCUT2D eigenvalue weighted by Crippen LogP contribution is 2.27. The van der Waals surface area contributed by atoms with Gasteiger partial charge in [-0.1, -0.05) is 42.8 Å². The fourth-order valence-corrected chi connectivity index (χ4v) is 4.84. The third-order valence-electron chi connectivity index (χ3n) is 6.87. The van der Waals surface area contributed by atoms with E-state index >= 15 is 0 Å². The van der Waals surface area contributed by atoms with E-state index in [9.17, 15) is 9.90 Å². The molecule has 1 N–H and O–H groups in total. The van der Waals surface area contributed by atoms with Crippen molar-refractivity contribution in [1.29, 1.82) is 0 Å². The number of hydrogen-bond donors (Lipinski definition) is 1. The van der Waals surface area contributed by atoms with E-state index in [0.717, 1.165) is 54.6 Å². The predicted octanol–water partition coefficient (Wildman–Crippen LogP) is 4.17. The van der Waals surface area contributed by atoms with Crippen LogP contribution in [0.5, 0.6) is 0 Å². The predicted molar refractivity (Wildman–Crippen MR) is 121 cm³/mol. The molecule has 1 fully saturated rings. The molecule has 2 aliphatic rings. The Labute approximate surface area is 183 Å². The number of imidazole rings is 1. The van der Waals surface area contributed by atoms with E-state index in [1.165, 1.54) is 29.7 Å². The maximum absolute atomic E-state index is 11.8. The first-order valence-electron chi connectivity index (χ1n) is 11.4. The van der Waals surface area contributed by atoms with E-state index in [4.69, 9.17) is 4.98 Å². The fraction of sp³-hybridized carbons (Fsp3) is 0.440. The van der Waals surface area contributed by atoms with Gasteiger partial charge in [0.05, 0.1) is 11.0 Å². The number of rotatable bonds is 6. The summed E-state index contributed by atoms with van der Waals surface area (Å²) in [5, 5.41) is 9.69. The Bertz CT molecular complexity index is 1060. The molecule has 1 aliphatic heterocycles. The Morgan fingerprint density at radius 1 is 1.06 bits per heavy atom. The number of hydrogen-bond acceptors (Lipinski definition) is 3. The van der Waals surface area contributed by atoms with Crippen LogP contribution >= 0.6 is 0 Å². The van der Waals surface area contributed by atoms with E-state index in [0.29, 0.717) is 19.5 Å². The lowest BCUT2D eigenvalue weighted by molar-refractivity contribution is 0.130. The minimum Gasteiger partial charge on any atom is -0.465 e. The fourth-order valence-electron chi connectivity index (χ4n) is 4.84. The number of aromatic nitrogens is 2. The second kappa shape index (κ2) is 8.71. The summed E-state index contributed by atoms with van der Waals surface area (Å²) in [6, 6.07) is 17.1. The standard InChI is InChI=1S/C25H30N4O2/c30-25(31)28(13-11-19-5-2-1-3-6-19)18-20-9-10-23-22(17-20)26-24-12-14-27(15-16-29(23)24)21-7-4-8-21/h1-3,5-6,9-10,17,21H,4,7-8,11-16,18H2,(H,30,31). The second-order valence-electron chi connectivity index (χ2n) is 8.81. The van der Waals surface area contributed by atoms with Crippen molar-refractivity contribution in [3.8, 4) is 0 Å². The first-order chi connectivity index (χ1) is 15.2. The molecule has 5 rings (SSSR count). The van der Waals surface area contributed by atoms with Gasteiger partial charge in [-0.3, -0.25) is 4.90 Å². The molecule has 0 saturated heterocycles. The average molecular weight is 419 g/mol. The molecule has 3 aromatic rings. The first-order valence-corrected chi connectivity index (χ1v) is 11.4. The van der Waals surface area contributed by atoms with Crippen LogP contribution in [0.3, 0.4) is 0 Å². The second-order valence-corrected chi connectivity index (χ2v) is 8.81. The molecule has 6 heteroatoms. The van der Waals surface area contributed by atoms with Crippen LogP contribution in [0.1, 0.15) is 36.2 Å². The molecule has 0 radical (unpaired) electrons. The summed E-state index contributed by atoms with van der Waals surface area (Å²) in [5.74, 6) is 1.16. The molecule has 2 heterocycles. The van der Waals surface area contributed by atoms with Crippen molar-refractivity contribution in [2.45, 2.75) is 51.2 Å². The summed E-state index contributed by atoms with van der Waals surface area (Å²) in [6.07, 6.45) is 4.88. The third kappa shape index (κ3) is 4.30. The molecule has 6 nitrogen and oxygen atoms in total. The van der Waals surface area contributed by atoms with Gasteiger partial charge < -0.3 is 14.6 Å². The largest absolute Gasteiger partial charge is 0.465 e. The summed E-state index contributed by atoms with van der Waals surface area (Å²) < 4.78 is 2.36. The van der Waals surface area contributed by atoms with Crippen molar-refractivity contribution >= 4 is 17.1 Å². The van der Waals surface area contributed by atoms with Crippen molar-refractivity contribution in [3.63, 3.8) is 0 Å². The zero-order valence-electron chi connectivity index (χ0n) is 17.9. The summed E-state index contributed by atoms with van der Waals surface area (Å²) in [4.78, 5) is 20.9. The number of carbonyl (C=O) groups is 1. The summed E-state index contributed by atoms with van der Waals surface area (Å²) in [7, 11) is 0. The number of fused-ring (bicyclic) bond motifs is 3. The first kappa shape index (κ1) is 20.1. The smallest absolute Gasteiger partial charge is 0.407 e. The summed E-state index contributed by atoms with van der Waals surface area (Å²) in [5.41, 5.74) is 4.30. The number of nitrogens with zero attached hydrogens (tertiary/aromatic N) is 4. The Hall–Kier alpha value is -2.86. The Morgan fingerprint density at radius 2 is 1.90 bits per heavy atom. The molecular formula is C25H30N4O2. The lowest BCUT2D eigenvalue weighted by atomic mass is 9.91. The van der Waals surface area contributed by atoms with Gasteiger partial charge in [0.25, 0.3) is 0 Å². The van der Waals surface area contributed by atoms with E-state index in [1.807, 2.05) is 30.3 Å². The zero-order valence-corrected chi connectivity index (χ0v) is 17.9. The quantitative estimate of drug-likeness (QED) is 0.653. The normalized spacial score (nSPS) is 17.2. The van der Waals surface area contributed by atoms with Crippen LogP contribution in [0.25, 0.3) is 11.0 Å². The molecule has 0 spiro atoms. The van der Waals surface area contributed by atoms with Gasteiger partial charge in [-0.05, 0) is 42.5 Å². The minimum absolute atomic E-state index is 0.385. The van der Waals surface area contributed by atoms with Crippen molar-refractivity contribution in [1.82, 2.24) is 19.4 Å². The molecule has 0 unspecified atom stereocenters. The van der Waals surface area contributed by atoms with Gasteiger partial charge in [0.15, 0.2) is 0 Å². The summed E-state index contributed by atoms with van der Waals surface area (Å²) in [6.45, 7) is 4.04. The number of carboxylic acid groups (broad SMARTS) is 1. The van der Waals surface area contributed by atoms with Gasteiger partial charge in [0.1, 0.15) is 5.82 Å². The van der Waals surface area contributed by atoms with Crippen molar-refractivity contribution in [3.05, 3.63) is 65.5 Å². The Kier molecular flexibility index (Phi) is 5.64. The van der Waals surface area contributed by atoms with Crippen LogP contribution in [0, 0.1) is 0 Å². The molecule has 1 aliphatic carbocycles. The number of amides is 1. The summed E-state index contributed by atoms with van der Waals surface area (Å²) >= 11 is 0. The van der Waals surface area contributed by atoms with Gasteiger partial charge in [0, 0.05) is 45.2 Å². The monoisotopic (exact) mass is 418 g/mol. The van der Waals surface area contributed by atoms with E-state index in [2.05, 4.69) is 27.7 Å². The van der Waals surface area contributed by atoms with Crippen LogP contribution in [-0.4, -0.2) is 56.2 Å². The minimum atomic E-state index is -0.882. The van der Waals surface area contributed by atoms with Gasteiger partial charge in [0.2, 0.25) is 0 Å². The number of benzene rings is 2. The molecule has 1 amide bonds.